The average molecular weight is 484 g/mol. The van der Waals surface area contributed by atoms with Gasteiger partial charge in [0.25, 0.3) is 0 Å². The van der Waals surface area contributed by atoms with Crippen molar-refractivity contribution in [3.63, 3.8) is 0 Å². The molecule has 0 saturated heterocycles. The summed E-state index contributed by atoms with van der Waals surface area (Å²) < 4.78 is 49.0. The van der Waals surface area contributed by atoms with Crippen LogP contribution in [0.15, 0.2) is 60.9 Å². The third kappa shape index (κ3) is 4.71. The van der Waals surface area contributed by atoms with Crippen LogP contribution in [0.5, 0.6) is 5.88 Å². The van der Waals surface area contributed by atoms with E-state index in [4.69, 9.17) is 4.74 Å². The van der Waals surface area contributed by atoms with E-state index < -0.39 is 27.0 Å². The number of halogens is 1. The van der Waals surface area contributed by atoms with Crippen LogP contribution in [-0.2, 0) is 10.0 Å². The molecule has 0 radical (unpaired) electrons. The third-order valence-corrected chi connectivity index (χ3v) is 7.17. The summed E-state index contributed by atoms with van der Waals surface area (Å²) >= 11 is 0. The van der Waals surface area contributed by atoms with Crippen molar-refractivity contribution in [1.29, 1.82) is 0 Å². The molecule has 2 atom stereocenters. The molecule has 4 rings (SSSR count). The maximum Gasteiger partial charge on any atom is 0.243 e. The van der Waals surface area contributed by atoms with E-state index in [1.165, 1.54) is 14.0 Å². The highest BCUT2D eigenvalue weighted by Crippen LogP contribution is 2.28. The molecule has 3 heterocycles. The molecule has 10 nitrogen and oxygen atoms in total. The molecule has 3 aromatic heterocycles. The number of nitrogens with zero attached hydrogens (tertiary/aromatic N) is 6. The van der Waals surface area contributed by atoms with Crippen LogP contribution in [0.1, 0.15) is 25.6 Å². The summed E-state index contributed by atoms with van der Waals surface area (Å²) in [5.41, 5.74) is 1.08. The number of aromatic nitrogens is 6. The first-order valence-corrected chi connectivity index (χ1v) is 11.9. The van der Waals surface area contributed by atoms with Crippen LogP contribution in [0.25, 0.3) is 17.2 Å². The molecule has 176 valence electrons. The summed E-state index contributed by atoms with van der Waals surface area (Å²) in [6, 6.07) is 14.2. The fourth-order valence-electron chi connectivity index (χ4n) is 3.25. The van der Waals surface area contributed by atoms with Crippen LogP contribution in [0.2, 0.25) is 0 Å². The molecule has 12 heteroatoms. The number of anilines is 1. The average Bonchev–Trinajstić information content (AvgIpc) is 3.27. The largest absolute Gasteiger partial charge is 0.481 e. The number of pyridine rings is 1. The molecule has 0 amide bonds. The van der Waals surface area contributed by atoms with Gasteiger partial charge in [-0.25, -0.2) is 27.8 Å². The van der Waals surface area contributed by atoms with Crippen molar-refractivity contribution in [1.82, 2.24) is 29.7 Å². The maximum atomic E-state index is 13.3. The van der Waals surface area contributed by atoms with E-state index in [1.54, 1.807) is 41.8 Å². The topological polar surface area (TPSA) is 125 Å². The van der Waals surface area contributed by atoms with Gasteiger partial charge < -0.3 is 4.74 Å². The third-order valence-electron chi connectivity index (χ3n) is 5.31. The molecule has 0 bridgehead atoms. The number of para-hydroxylation sites is 1. The van der Waals surface area contributed by atoms with Gasteiger partial charge in [-0.2, -0.15) is 0 Å². The van der Waals surface area contributed by atoms with Gasteiger partial charge in [0.15, 0.2) is 11.6 Å². The number of methoxy groups -OCH3 is 1. The Morgan fingerprint density at radius 2 is 1.71 bits per heavy atom. The molecule has 0 aliphatic carbocycles. The Balaban J connectivity index is 1.72. The number of ether oxygens (including phenoxy) is 1. The van der Waals surface area contributed by atoms with Crippen molar-refractivity contribution in [2.75, 3.05) is 11.8 Å². The summed E-state index contributed by atoms with van der Waals surface area (Å²) in [5.74, 6) is -0.311. The van der Waals surface area contributed by atoms with Gasteiger partial charge in [0, 0.05) is 12.0 Å². The number of hydrogen-bond donors (Lipinski definition) is 1. The van der Waals surface area contributed by atoms with E-state index in [2.05, 4.69) is 29.9 Å². The lowest BCUT2D eigenvalue weighted by molar-refractivity contribution is 0.398. The second-order valence-electron chi connectivity index (χ2n) is 7.48. The van der Waals surface area contributed by atoms with Crippen LogP contribution in [-0.4, -0.2) is 50.5 Å². The zero-order valence-corrected chi connectivity index (χ0v) is 19.4. The summed E-state index contributed by atoms with van der Waals surface area (Å²) in [5, 5.41) is 7.33. The predicted octanol–water partition coefficient (Wildman–Crippen LogP) is 3.20. The molecule has 0 unspecified atom stereocenters. The Kier molecular flexibility index (Phi) is 6.50. The van der Waals surface area contributed by atoms with Gasteiger partial charge in [-0.3, -0.25) is 9.29 Å². The summed E-state index contributed by atoms with van der Waals surface area (Å²) in [7, 11) is -2.47. The van der Waals surface area contributed by atoms with Gasteiger partial charge >= 0.3 is 0 Å². The van der Waals surface area contributed by atoms with Crippen LogP contribution >= 0.6 is 0 Å². The Bertz CT molecular complexity index is 1380. The molecule has 4 aromatic rings. The van der Waals surface area contributed by atoms with Gasteiger partial charge in [0.2, 0.25) is 21.9 Å². The van der Waals surface area contributed by atoms with Crippen molar-refractivity contribution in [3.8, 4) is 23.1 Å². The normalized spacial score (nSPS) is 13.3. The van der Waals surface area contributed by atoms with E-state index in [-0.39, 0.29) is 11.8 Å². The summed E-state index contributed by atoms with van der Waals surface area (Å²) in [6.07, 6.45) is 2.01. The highest BCUT2D eigenvalue weighted by atomic mass is 32.2. The Morgan fingerprint density at radius 1 is 1.00 bits per heavy atom. The zero-order valence-electron chi connectivity index (χ0n) is 18.6. The number of rotatable bonds is 8. The van der Waals surface area contributed by atoms with Crippen molar-refractivity contribution >= 4 is 16.0 Å². The monoisotopic (exact) mass is 483 g/mol. The quantitative estimate of drug-likeness (QED) is 0.405. The minimum atomic E-state index is -3.98. The number of sulfonamides is 1. The van der Waals surface area contributed by atoms with Crippen molar-refractivity contribution in [2.45, 2.75) is 25.0 Å². The first-order valence-electron chi connectivity index (χ1n) is 10.3. The molecule has 1 N–H and O–H groups in total. The van der Waals surface area contributed by atoms with Gasteiger partial charge in [-0.15, -0.1) is 10.2 Å². The van der Waals surface area contributed by atoms with Crippen molar-refractivity contribution in [3.05, 3.63) is 72.6 Å². The van der Waals surface area contributed by atoms with Crippen LogP contribution in [0.4, 0.5) is 10.3 Å². The molecule has 0 aliphatic heterocycles. The molecule has 0 spiro atoms. The minimum absolute atomic E-state index is 0.00936. The van der Waals surface area contributed by atoms with Crippen LogP contribution in [0, 0.1) is 5.82 Å². The molecule has 1 aromatic carbocycles. The van der Waals surface area contributed by atoms with E-state index in [0.717, 1.165) is 12.4 Å². The highest BCUT2D eigenvalue weighted by molar-refractivity contribution is 7.93. The van der Waals surface area contributed by atoms with Gasteiger partial charge in [-0.1, -0.05) is 31.2 Å². The fourth-order valence-corrected chi connectivity index (χ4v) is 4.48. The maximum absolute atomic E-state index is 13.3. The first kappa shape index (κ1) is 23.2. The van der Waals surface area contributed by atoms with E-state index >= 15 is 0 Å². The number of hydrogen-bond acceptors (Lipinski definition) is 8. The molecule has 0 saturated carbocycles. The van der Waals surface area contributed by atoms with Gasteiger partial charge in [-0.05, 0) is 25.1 Å². The molecule has 34 heavy (non-hydrogen) atoms. The lowest BCUT2D eigenvalue weighted by atomic mass is 10.1. The molecule has 0 fully saturated rings. The SMILES string of the molecule is COc1cccc(-c2nnc(NS(=O)(=O)[C@@H](C)[C@H](C)c3ncc(F)cn3)n2-c2ccccc2)n1. The first-order chi connectivity index (χ1) is 16.3. The second kappa shape index (κ2) is 9.51. The second-order valence-corrected chi connectivity index (χ2v) is 9.52. The zero-order chi connectivity index (χ0) is 24.3. The summed E-state index contributed by atoms with van der Waals surface area (Å²) in [6.45, 7) is 3.18. The smallest absolute Gasteiger partial charge is 0.243 e. The lowest BCUT2D eigenvalue weighted by Gasteiger charge is -2.20. The van der Waals surface area contributed by atoms with Gasteiger partial charge in [0.1, 0.15) is 11.5 Å². The Hall–Kier alpha value is -3.93. The summed E-state index contributed by atoms with van der Waals surface area (Å²) in [4.78, 5) is 12.2. The Morgan fingerprint density at radius 3 is 2.38 bits per heavy atom. The number of nitrogens with one attached hydrogen (secondary N) is 1. The molecular formula is C22H22FN7O3S. The standard InChI is InChI=1S/C22H22FN7O3S/c1-14(20-24-12-16(23)13-25-20)15(2)34(31,32)29-22-28-27-21(18-10-7-11-19(26-18)33-3)30(22)17-8-5-4-6-9-17/h4-15H,1-3H3,(H,28,29)/t14-,15-/m0/s1. The predicted molar refractivity (Wildman–Crippen MR) is 124 cm³/mol. The highest BCUT2D eigenvalue weighted by Gasteiger charge is 2.31. The lowest BCUT2D eigenvalue weighted by Crippen LogP contribution is -2.31. The fraction of sp³-hybridized carbons (Fsp3) is 0.227. The van der Waals surface area contributed by atoms with Crippen LogP contribution in [0.3, 0.4) is 0 Å². The van der Waals surface area contributed by atoms with E-state index in [1.807, 2.05) is 18.2 Å². The van der Waals surface area contributed by atoms with Crippen molar-refractivity contribution < 1.29 is 17.5 Å². The van der Waals surface area contributed by atoms with E-state index in [0.29, 0.717) is 23.1 Å². The van der Waals surface area contributed by atoms with Gasteiger partial charge in [0.05, 0.1) is 30.4 Å². The Labute approximate surface area is 196 Å². The number of benzene rings is 1. The molecular weight excluding hydrogens is 461 g/mol. The van der Waals surface area contributed by atoms with Crippen molar-refractivity contribution in [2.24, 2.45) is 0 Å². The van der Waals surface area contributed by atoms with E-state index in [9.17, 15) is 12.8 Å². The minimum Gasteiger partial charge on any atom is -0.481 e. The van der Waals surface area contributed by atoms with Crippen LogP contribution < -0.4 is 9.46 Å². The molecule has 0 aliphatic rings.